The maximum absolute atomic E-state index is 14.1. The zero-order valence-electron chi connectivity index (χ0n) is 24.9. The van der Waals surface area contributed by atoms with Crippen LogP contribution in [-0.2, 0) is 26.2 Å². The van der Waals surface area contributed by atoms with Gasteiger partial charge in [-0.1, -0.05) is 60.3 Å². The average molecular weight is 651 g/mol. The predicted octanol–water partition coefficient (Wildman–Crippen LogP) is 5.85. The molecule has 0 saturated carbocycles. The van der Waals surface area contributed by atoms with Gasteiger partial charge in [-0.05, 0) is 62.2 Å². The molecule has 1 N–H and O–H groups in total. The lowest BCUT2D eigenvalue weighted by atomic mass is 10.1. The third-order valence-corrected chi connectivity index (χ3v) is 9.40. The summed E-state index contributed by atoms with van der Waals surface area (Å²) in [5.74, 6) is -0.285. The molecule has 1 atom stereocenters. The smallest absolute Gasteiger partial charge is 0.264 e. The van der Waals surface area contributed by atoms with Crippen molar-refractivity contribution in [3.8, 4) is 11.5 Å². The Morgan fingerprint density at radius 1 is 0.930 bits per heavy atom. The van der Waals surface area contributed by atoms with Crippen LogP contribution in [0.5, 0.6) is 11.5 Å². The number of aryl methyl sites for hydroxylation is 1. The summed E-state index contributed by atoms with van der Waals surface area (Å²) >= 11 is 12.3. The number of carbonyl (C=O) groups is 2. The number of nitrogens with zero attached hydrogens (tertiary/aromatic N) is 2. The molecule has 0 saturated heterocycles. The first-order chi connectivity index (χ1) is 20.4. The van der Waals surface area contributed by atoms with Crippen LogP contribution in [0.4, 0.5) is 5.69 Å². The summed E-state index contributed by atoms with van der Waals surface area (Å²) in [6.07, 6.45) is 1.67. The predicted molar refractivity (Wildman–Crippen MR) is 170 cm³/mol. The van der Waals surface area contributed by atoms with Crippen molar-refractivity contribution in [3.63, 3.8) is 0 Å². The number of hydrogen-bond acceptors (Lipinski definition) is 6. The number of benzene rings is 3. The Balaban J connectivity index is 2.07. The van der Waals surface area contributed by atoms with Crippen molar-refractivity contribution in [1.82, 2.24) is 10.2 Å². The molecule has 3 aromatic carbocycles. The minimum Gasteiger partial charge on any atom is -0.493 e. The number of hydrogen-bond donors (Lipinski definition) is 1. The van der Waals surface area contributed by atoms with E-state index in [1.54, 1.807) is 43.3 Å². The number of halogens is 2. The molecule has 0 aliphatic rings. The molecule has 0 fully saturated rings. The third-order valence-electron chi connectivity index (χ3n) is 6.88. The van der Waals surface area contributed by atoms with Gasteiger partial charge in [0, 0.05) is 19.2 Å². The molecule has 0 aliphatic carbocycles. The van der Waals surface area contributed by atoms with Crippen LogP contribution in [-0.4, -0.2) is 58.5 Å². The van der Waals surface area contributed by atoms with Gasteiger partial charge >= 0.3 is 0 Å². The summed E-state index contributed by atoms with van der Waals surface area (Å²) in [5.41, 5.74) is 1.68. The molecule has 0 spiro atoms. The lowest BCUT2D eigenvalue weighted by Gasteiger charge is -2.32. The highest BCUT2D eigenvalue weighted by atomic mass is 35.5. The number of methoxy groups -OCH3 is 2. The molecule has 2 amide bonds. The van der Waals surface area contributed by atoms with Crippen LogP contribution in [0.1, 0.15) is 37.8 Å². The molecule has 232 valence electrons. The Bertz CT molecular complexity index is 1530. The number of nitrogens with one attached hydrogen (secondary N) is 1. The van der Waals surface area contributed by atoms with Crippen molar-refractivity contribution in [3.05, 3.63) is 81.8 Å². The van der Waals surface area contributed by atoms with Gasteiger partial charge < -0.3 is 19.7 Å². The zero-order valence-corrected chi connectivity index (χ0v) is 27.2. The third kappa shape index (κ3) is 8.55. The number of anilines is 1. The second-order valence-electron chi connectivity index (χ2n) is 9.95. The molecular weight excluding hydrogens is 613 g/mol. The van der Waals surface area contributed by atoms with E-state index in [1.165, 1.54) is 43.4 Å². The Hall–Kier alpha value is -3.47. The first-order valence-corrected chi connectivity index (χ1v) is 15.9. The highest BCUT2D eigenvalue weighted by Crippen LogP contribution is 2.34. The lowest BCUT2D eigenvalue weighted by Crippen LogP contribution is -2.51. The van der Waals surface area contributed by atoms with E-state index in [4.69, 9.17) is 32.7 Å². The van der Waals surface area contributed by atoms with Crippen molar-refractivity contribution >= 4 is 50.7 Å². The summed E-state index contributed by atoms with van der Waals surface area (Å²) in [4.78, 5) is 28.5. The molecule has 12 heteroatoms. The van der Waals surface area contributed by atoms with Crippen molar-refractivity contribution in [2.75, 3.05) is 31.6 Å². The van der Waals surface area contributed by atoms with E-state index in [9.17, 15) is 18.0 Å². The van der Waals surface area contributed by atoms with Gasteiger partial charge in [0.25, 0.3) is 10.0 Å². The van der Waals surface area contributed by atoms with Crippen LogP contribution < -0.4 is 19.1 Å². The minimum absolute atomic E-state index is 0.00192. The van der Waals surface area contributed by atoms with E-state index < -0.39 is 28.5 Å². The molecule has 43 heavy (non-hydrogen) atoms. The average Bonchev–Trinajstić information content (AvgIpc) is 2.99. The molecule has 0 aliphatic heterocycles. The number of ether oxygens (including phenoxy) is 2. The molecule has 3 rings (SSSR count). The van der Waals surface area contributed by atoms with Gasteiger partial charge in [-0.15, -0.1) is 0 Å². The molecule has 0 heterocycles. The summed E-state index contributed by atoms with van der Waals surface area (Å²) in [6.45, 7) is 5.30. The molecule has 0 radical (unpaired) electrons. The minimum atomic E-state index is -4.24. The van der Waals surface area contributed by atoms with Crippen molar-refractivity contribution in [2.24, 2.45) is 0 Å². The quantitative estimate of drug-likeness (QED) is 0.220. The summed E-state index contributed by atoms with van der Waals surface area (Å²) in [7, 11) is -1.34. The van der Waals surface area contributed by atoms with E-state index in [-0.39, 0.29) is 28.8 Å². The van der Waals surface area contributed by atoms with E-state index in [2.05, 4.69) is 5.32 Å². The summed E-state index contributed by atoms with van der Waals surface area (Å²) in [5, 5.41) is 3.49. The van der Waals surface area contributed by atoms with Gasteiger partial charge in [-0.25, -0.2) is 8.42 Å². The van der Waals surface area contributed by atoms with Gasteiger partial charge in [0.15, 0.2) is 11.5 Å². The highest BCUT2D eigenvalue weighted by molar-refractivity contribution is 7.92. The molecule has 0 aromatic heterocycles. The van der Waals surface area contributed by atoms with Crippen LogP contribution >= 0.6 is 23.2 Å². The maximum Gasteiger partial charge on any atom is 0.264 e. The molecule has 1 unspecified atom stereocenters. The normalized spacial score (nSPS) is 11.9. The second kappa shape index (κ2) is 15.3. The number of unbranched alkanes of at least 4 members (excludes halogenated alkanes) is 1. The molecule has 0 bridgehead atoms. The second-order valence-corrected chi connectivity index (χ2v) is 12.6. The topological polar surface area (TPSA) is 105 Å². The standard InChI is InChI=1S/C31H37Cl2N3O6S/c1-6-7-16-34-31(38)22(3)35(19-23-10-14-26(32)27(33)17-23)30(37)20-36(24-11-15-28(41-4)29(18-24)42-5)43(39,40)25-12-8-21(2)9-13-25/h8-15,17-18,22H,6-7,16,19-20H2,1-5H3,(H,34,38). The van der Waals surface area contributed by atoms with Crippen LogP contribution in [0.15, 0.2) is 65.6 Å². The largest absolute Gasteiger partial charge is 0.493 e. The van der Waals surface area contributed by atoms with E-state index in [0.29, 0.717) is 27.9 Å². The van der Waals surface area contributed by atoms with Gasteiger partial charge in [0.1, 0.15) is 12.6 Å². The first kappa shape index (κ1) is 34.0. The number of rotatable bonds is 14. The maximum atomic E-state index is 14.1. The SMILES string of the molecule is CCCCNC(=O)C(C)N(Cc1ccc(Cl)c(Cl)c1)C(=O)CN(c1ccc(OC)c(OC)c1)S(=O)(=O)c1ccc(C)cc1. The Kier molecular flexibility index (Phi) is 12.1. The van der Waals surface area contributed by atoms with Gasteiger partial charge in [-0.3, -0.25) is 13.9 Å². The Morgan fingerprint density at radius 2 is 1.60 bits per heavy atom. The first-order valence-electron chi connectivity index (χ1n) is 13.8. The number of amides is 2. The zero-order chi connectivity index (χ0) is 31.7. The number of carbonyl (C=O) groups excluding carboxylic acids is 2. The van der Waals surface area contributed by atoms with Crippen LogP contribution in [0, 0.1) is 6.92 Å². The van der Waals surface area contributed by atoms with Crippen molar-refractivity contribution < 1.29 is 27.5 Å². The van der Waals surface area contributed by atoms with Crippen LogP contribution in [0.25, 0.3) is 0 Å². The molecule has 9 nitrogen and oxygen atoms in total. The Labute approximate surface area is 263 Å². The number of sulfonamides is 1. The van der Waals surface area contributed by atoms with Gasteiger partial charge in [-0.2, -0.15) is 0 Å². The lowest BCUT2D eigenvalue weighted by molar-refractivity contribution is -0.139. The highest BCUT2D eigenvalue weighted by Gasteiger charge is 2.33. The molecule has 3 aromatic rings. The fourth-order valence-electron chi connectivity index (χ4n) is 4.30. The van der Waals surface area contributed by atoms with Crippen LogP contribution in [0.3, 0.4) is 0 Å². The van der Waals surface area contributed by atoms with E-state index in [0.717, 1.165) is 22.7 Å². The fourth-order valence-corrected chi connectivity index (χ4v) is 6.03. The summed E-state index contributed by atoms with van der Waals surface area (Å²) in [6, 6.07) is 14.9. The van der Waals surface area contributed by atoms with Crippen LogP contribution in [0.2, 0.25) is 10.0 Å². The Morgan fingerprint density at radius 3 is 2.21 bits per heavy atom. The van der Waals surface area contributed by atoms with E-state index >= 15 is 0 Å². The van der Waals surface area contributed by atoms with Gasteiger partial charge in [0.2, 0.25) is 11.8 Å². The monoisotopic (exact) mass is 649 g/mol. The molecular formula is C31H37Cl2N3O6S. The summed E-state index contributed by atoms with van der Waals surface area (Å²) < 4.78 is 39.8. The van der Waals surface area contributed by atoms with E-state index in [1.807, 2.05) is 13.8 Å². The van der Waals surface area contributed by atoms with Gasteiger partial charge in [0.05, 0.1) is 34.8 Å². The van der Waals surface area contributed by atoms with Crippen molar-refractivity contribution in [2.45, 2.75) is 51.1 Å². The fraction of sp³-hybridized carbons (Fsp3) is 0.355. The van der Waals surface area contributed by atoms with Crippen molar-refractivity contribution in [1.29, 1.82) is 0 Å².